The molecule has 0 aromatic heterocycles. The van der Waals surface area contributed by atoms with Crippen molar-refractivity contribution in [3.63, 3.8) is 0 Å². The molecule has 3 rings (SSSR count). The van der Waals surface area contributed by atoms with E-state index < -0.39 is 0 Å². The predicted molar refractivity (Wildman–Crippen MR) is 57.9 cm³/mol. The van der Waals surface area contributed by atoms with Gasteiger partial charge in [0.25, 0.3) is 0 Å². The van der Waals surface area contributed by atoms with Gasteiger partial charge in [-0.1, -0.05) is 30.4 Å². The van der Waals surface area contributed by atoms with Gasteiger partial charge in [-0.25, -0.2) is 0 Å². The summed E-state index contributed by atoms with van der Waals surface area (Å²) in [5.74, 6) is 0.962. The lowest BCUT2D eigenvalue weighted by atomic mass is 10.1. The normalized spacial score (nSPS) is 32.9. The van der Waals surface area contributed by atoms with Gasteiger partial charge >= 0.3 is 0 Å². The van der Waals surface area contributed by atoms with Crippen molar-refractivity contribution in [2.75, 3.05) is 0 Å². The second-order valence-corrected chi connectivity index (χ2v) is 4.12. The minimum Gasteiger partial charge on any atom is -0.490 e. The van der Waals surface area contributed by atoms with Crippen LogP contribution in [0.1, 0.15) is 12.8 Å². The first-order chi connectivity index (χ1) is 7.40. The fraction of sp³-hybridized carbons (Fsp3) is 0.385. The molecular formula is C13H14O2. The molecule has 0 aliphatic carbocycles. The molecule has 1 aromatic carbocycles. The van der Waals surface area contributed by atoms with Crippen molar-refractivity contribution in [2.24, 2.45) is 0 Å². The number of hydrogen-bond acceptors (Lipinski definition) is 2. The molecule has 1 fully saturated rings. The maximum Gasteiger partial charge on any atom is 0.119 e. The van der Waals surface area contributed by atoms with Gasteiger partial charge in [0.15, 0.2) is 0 Å². The molecule has 2 bridgehead atoms. The smallest absolute Gasteiger partial charge is 0.119 e. The second kappa shape index (κ2) is 3.70. The molecule has 0 spiro atoms. The average molecular weight is 202 g/mol. The van der Waals surface area contributed by atoms with Crippen molar-refractivity contribution >= 4 is 0 Å². The second-order valence-electron chi connectivity index (χ2n) is 4.12. The lowest BCUT2D eigenvalue weighted by Gasteiger charge is -2.28. The summed E-state index contributed by atoms with van der Waals surface area (Å²) in [4.78, 5) is 0. The van der Waals surface area contributed by atoms with E-state index in [1.807, 2.05) is 30.3 Å². The molecule has 1 aromatic rings. The van der Waals surface area contributed by atoms with Crippen LogP contribution in [-0.2, 0) is 4.74 Å². The van der Waals surface area contributed by atoms with E-state index in [1.54, 1.807) is 0 Å². The fourth-order valence-electron chi connectivity index (χ4n) is 2.23. The van der Waals surface area contributed by atoms with Gasteiger partial charge in [-0.3, -0.25) is 0 Å². The Morgan fingerprint density at radius 3 is 2.33 bits per heavy atom. The summed E-state index contributed by atoms with van der Waals surface area (Å²) in [5, 5.41) is 0. The number of para-hydroxylation sites is 1. The summed E-state index contributed by atoms with van der Waals surface area (Å²) < 4.78 is 11.6. The molecule has 2 nitrogen and oxygen atoms in total. The standard InChI is InChI=1S/C13H14O2/c1-2-4-10(5-3-1)14-13-8-11-6-7-12(9-13)15-11/h1-7,11-13H,8-9H2/t11-,12+,13?. The van der Waals surface area contributed by atoms with Gasteiger partial charge in [0.1, 0.15) is 11.9 Å². The van der Waals surface area contributed by atoms with Crippen molar-refractivity contribution in [1.82, 2.24) is 0 Å². The zero-order valence-electron chi connectivity index (χ0n) is 8.50. The summed E-state index contributed by atoms with van der Waals surface area (Å²) in [6.07, 6.45) is 7.10. The summed E-state index contributed by atoms with van der Waals surface area (Å²) in [5.41, 5.74) is 0. The van der Waals surface area contributed by atoms with E-state index in [0.29, 0.717) is 6.10 Å². The van der Waals surface area contributed by atoms with Crippen LogP contribution in [0.3, 0.4) is 0 Å². The molecule has 1 saturated heterocycles. The average Bonchev–Trinajstić information content (AvgIpc) is 2.60. The largest absolute Gasteiger partial charge is 0.490 e. The summed E-state index contributed by atoms with van der Waals surface area (Å²) >= 11 is 0. The fourth-order valence-corrected chi connectivity index (χ4v) is 2.23. The first kappa shape index (κ1) is 8.98. The van der Waals surface area contributed by atoms with Gasteiger partial charge in [0, 0.05) is 12.8 Å². The lowest BCUT2D eigenvalue weighted by Crippen LogP contribution is -2.33. The van der Waals surface area contributed by atoms with Gasteiger partial charge in [-0.05, 0) is 12.1 Å². The highest BCUT2D eigenvalue weighted by Gasteiger charge is 2.31. The third-order valence-corrected chi connectivity index (χ3v) is 2.93. The zero-order valence-corrected chi connectivity index (χ0v) is 8.50. The van der Waals surface area contributed by atoms with Gasteiger partial charge in [-0.15, -0.1) is 0 Å². The molecule has 3 atom stereocenters. The molecule has 15 heavy (non-hydrogen) atoms. The maximum atomic E-state index is 5.92. The third kappa shape index (κ3) is 1.90. The Morgan fingerprint density at radius 1 is 1.00 bits per heavy atom. The number of hydrogen-bond donors (Lipinski definition) is 0. The van der Waals surface area contributed by atoms with Crippen LogP contribution in [0.25, 0.3) is 0 Å². The number of ether oxygens (including phenoxy) is 2. The van der Waals surface area contributed by atoms with Crippen molar-refractivity contribution in [3.8, 4) is 5.75 Å². The molecule has 0 N–H and O–H groups in total. The summed E-state index contributed by atoms with van der Waals surface area (Å²) in [6, 6.07) is 10.0. The number of fused-ring (bicyclic) bond motifs is 2. The molecule has 0 radical (unpaired) electrons. The molecular weight excluding hydrogens is 188 g/mol. The minimum atomic E-state index is 0.275. The van der Waals surface area contributed by atoms with Crippen LogP contribution in [0.4, 0.5) is 0 Å². The monoisotopic (exact) mass is 202 g/mol. The van der Waals surface area contributed by atoms with Gasteiger partial charge in [-0.2, -0.15) is 0 Å². The summed E-state index contributed by atoms with van der Waals surface area (Å²) in [7, 11) is 0. The van der Waals surface area contributed by atoms with Gasteiger partial charge in [0.2, 0.25) is 0 Å². The van der Waals surface area contributed by atoms with Crippen molar-refractivity contribution < 1.29 is 9.47 Å². The molecule has 1 unspecified atom stereocenters. The van der Waals surface area contributed by atoms with Crippen LogP contribution in [0.15, 0.2) is 42.5 Å². The van der Waals surface area contributed by atoms with Crippen LogP contribution in [0.5, 0.6) is 5.75 Å². The van der Waals surface area contributed by atoms with Crippen LogP contribution < -0.4 is 4.74 Å². The molecule has 2 aliphatic heterocycles. The van der Waals surface area contributed by atoms with E-state index in [9.17, 15) is 0 Å². The van der Waals surface area contributed by atoms with E-state index in [2.05, 4.69) is 12.2 Å². The third-order valence-electron chi connectivity index (χ3n) is 2.93. The SMILES string of the molecule is C1=C[C@H]2CC(Oc3ccccc3)C[C@@H]1O2. The topological polar surface area (TPSA) is 18.5 Å². The van der Waals surface area contributed by atoms with Gasteiger partial charge < -0.3 is 9.47 Å². The van der Waals surface area contributed by atoms with Crippen LogP contribution in [-0.4, -0.2) is 18.3 Å². The highest BCUT2D eigenvalue weighted by Crippen LogP contribution is 2.29. The van der Waals surface area contributed by atoms with E-state index in [4.69, 9.17) is 9.47 Å². The van der Waals surface area contributed by atoms with Crippen LogP contribution in [0.2, 0.25) is 0 Å². The number of rotatable bonds is 2. The Labute approximate surface area is 89.5 Å². The molecule has 0 amide bonds. The van der Waals surface area contributed by atoms with E-state index in [-0.39, 0.29) is 12.2 Å². The van der Waals surface area contributed by atoms with Crippen molar-refractivity contribution in [1.29, 1.82) is 0 Å². The Balaban J connectivity index is 1.66. The molecule has 2 aliphatic rings. The molecule has 0 saturated carbocycles. The Morgan fingerprint density at radius 2 is 1.67 bits per heavy atom. The van der Waals surface area contributed by atoms with E-state index in [1.165, 1.54) is 0 Å². The first-order valence-corrected chi connectivity index (χ1v) is 5.45. The van der Waals surface area contributed by atoms with E-state index in [0.717, 1.165) is 18.6 Å². The molecule has 2 heteroatoms. The van der Waals surface area contributed by atoms with Crippen LogP contribution in [0, 0.1) is 0 Å². The van der Waals surface area contributed by atoms with Crippen molar-refractivity contribution in [3.05, 3.63) is 42.5 Å². The quantitative estimate of drug-likeness (QED) is 0.686. The Bertz CT molecular complexity index is 344. The molecule has 2 heterocycles. The lowest BCUT2D eigenvalue weighted by molar-refractivity contribution is -0.0321. The first-order valence-electron chi connectivity index (χ1n) is 5.45. The van der Waals surface area contributed by atoms with E-state index >= 15 is 0 Å². The minimum absolute atomic E-state index is 0.275. The molecule has 78 valence electrons. The Kier molecular flexibility index (Phi) is 2.22. The Hall–Kier alpha value is -1.28. The zero-order chi connectivity index (χ0) is 10.1. The summed E-state index contributed by atoms with van der Waals surface area (Å²) in [6.45, 7) is 0. The highest BCUT2D eigenvalue weighted by atomic mass is 16.5. The van der Waals surface area contributed by atoms with Crippen molar-refractivity contribution in [2.45, 2.75) is 31.2 Å². The highest BCUT2D eigenvalue weighted by molar-refractivity contribution is 5.21. The number of benzene rings is 1. The predicted octanol–water partition coefficient (Wildman–Crippen LogP) is 2.55. The van der Waals surface area contributed by atoms with Gasteiger partial charge in [0.05, 0.1) is 12.2 Å². The maximum absolute atomic E-state index is 5.92. The van der Waals surface area contributed by atoms with Crippen LogP contribution >= 0.6 is 0 Å².